The third-order valence-electron chi connectivity index (χ3n) is 6.57. The van der Waals surface area contributed by atoms with Gasteiger partial charge in [0.1, 0.15) is 16.5 Å². The molecule has 2 aromatic carbocycles. The van der Waals surface area contributed by atoms with Crippen LogP contribution >= 0.6 is 0 Å². The number of carbonyl (C=O) groups excluding carboxylic acids is 1. The third-order valence-corrected chi connectivity index (χ3v) is 8.49. The molecule has 8 nitrogen and oxygen atoms in total. The Bertz CT molecular complexity index is 1360. The van der Waals surface area contributed by atoms with E-state index in [0.717, 1.165) is 49.8 Å². The summed E-state index contributed by atoms with van der Waals surface area (Å²) >= 11 is 0. The second-order valence-electron chi connectivity index (χ2n) is 8.80. The monoisotopic (exact) mass is 498 g/mol. The minimum absolute atomic E-state index is 0.0294. The first kappa shape index (κ1) is 23.5. The highest BCUT2D eigenvalue weighted by Crippen LogP contribution is 2.32. The molecule has 0 bridgehead atoms. The number of ether oxygens (including phenoxy) is 1. The van der Waals surface area contributed by atoms with E-state index >= 15 is 0 Å². The molecule has 0 atom stereocenters. The number of sulfonamides is 1. The zero-order valence-corrected chi connectivity index (χ0v) is 20.3. The molecule has 0 saturated carbocycles. The molecule has 184 valence electrons. The van der Waals surface area contributed by atoms with Gasteiger partial charge in [-0.05, 0) is 74.6 Å². The van der Waals surface area contributed by atoms with Gasteiger partial charge in [-0.2, -0.15) is 9.40 Å². The van der Waals surface area contributed by atoms with E-state index in [9.17, 15) is 17.6 Å². The first-order chi connectivity index (χ1) is 16.9. The lowest BCUT2D eigenvalue weighted by Crippen LogP contribution is -2.35. The molecule has 5 rings (SSSR count). The van der Waals surface area contributed by atoms with Crippen LogP contribution in [0.25, 0.3) is 5.69 Å². The van der Waals surface area contributed by atoms with Crippen molar-refractivity contribution in [3.63, 3.8) is 0 Å². The molecule has 35 heavy (non-hydrogen) atoms. The highest BCUT2D eigenvalue weighted by atomic mass is 32.2. The molecule has 1 saturated heterocycles. The van der Waals surface area contributed by atoms with Gasteiger partial charge in [0.05, 0.1) is 12.8 Å². The smallest absolute Gasteiger partial charge is 0.276 e. The topological polar surface area (TPSA) is 93.5 Å². The van der Waals surface area contributed by atoms with Crippen LogP contribution in [0, 0.1) is 5.82 Å². The molecule has 0 unspecified atom stereocenters. The number of nitrogens with zero attached hydrogens (tertiary/aromatic N) is 3. The summed E-state index contributed by atoms with van der Waals surface area (Å²) in [4.78, 5) is 13.3. The van der Waals surface area contributed by atoms with E-state index in [1.807, 2.05) is 0 Å². The Balaban J connectivity index is 1.45. The van der Waals surface area contributed by atoms with E-state index in [-0.39, 0.29) is 22.2 Å². The van der Waals surface area contributed by atoms with Crippen LogP contribution in [0.3, 0.4) is 0 Å². The number of fused-ring (bicyclic) bond motifs is 1. The van der Waals surface area contributed by atoms with Crippen molar-refractivity contribution in [1.82, 2.24) is 14.1 Å². The molecule has 1 aromatic heterocycles. The summed E-state index contributed by atoms with van der Waals surface area (Å²) in [5, 5.41) is 7.35. The minimum atomic E-state index is -3.77. The van der Waals surface area contributed by atoms with Gasteiger partial charge in [-0.15, -0.1) is 0 Å². The zero-order chi connectivity index (χ0) is 24.6. The van der Waals surface area contributed by atoms with Gasteiger partial charge in [0.2, 0.25) is 10.0 Å². The average molecular weight is 499 g/mol. The van der Waals surface area contributed by atoms with Crippen molar-refractivity contribution in [3.8, 4) is 11.4 Å². The average Bonchev–Trinajstić information content (AvgIpc) is 3.48. The molecule has 1 aliphatic heterocycles. The third kappa shape index (κ3) is 4.43. The van der Waals surface area contributed by atoms with Crippen molar-refractivity contribution in [2.45, 2.75) is 43.4 Å². The van der Waals surface area contributed by atoms with Crippen LogP contribution in [0.5, 0.6) is 5.75 Å². The molecule has 1 N–H and O–H groups in total. The summed E-state index contributed by atoms with van der Waals surface area (Å²) in [5.41, 5.74) is 3.11. The lowest BCUT2D eigenvalue weighted by Gasteiger charge is -2.26. The first-order valence-electron chi connectivity index (χ1n) is 11.7. The van der Waals surface area contributed by atoms with Crippen LogP contribution in [0.4, 0.5) is 10.1 Å². The Kier molecular flexibility index (Phi) is 6.33. The molecule has 0 spiro atoms. The summed E-state index contributed by atoms with van der Waals surface area (Å²) in [6.07, 6.45) is 5.04. The Morgan fingerprint density at radius 3 is 2.49 bits per heavy atom. The van der Waals surface area contributed by atoms with E-state index in [1.54, 1.807) is 28.9 Å². The SMILES string of the molecule is COc1ccc(NC(=O)c2nn(-c3ccc(F)cc3)c3c2CCC3)cc1S(=O)(=O)N1CCCCC1. The lowest BCUT2D eigenvalue weighted by molar-refractivity contribution is 0.102. The van der Waals surface area contributed by atoms with E-state index in [2.05, 4.69) is 10.4 Å². The number of nitrogens with one attached hydrogen (secondary N) is 1. The van der Waals surface area contributed by atoms with Crippen LogP contribution in [-0.4, -0.2) is 48.6 Å². The number of carbonyl (C=O) groups is 1. The van der Waals surface area contributed by atoms with Crippen LogP contribution in [-0.2, 0) is 22.9 Å². The second-order valence-corrected chi connectivity index (χ2v) is 10.7. The Morgan fingerprint density at radius 1 is 1.03 bits per heavy atom. The summed E-state index contributed by atoms with van der Waals surface area (Å²) in [6.45, 7) is 0.935. The van der Waals surface area contributed by atoms with Crippen molar-refractivity contribution >= 4 is 21.6 Å². The number of halogens is 1. The van der Waals surface area contributed by atoms with E-state index in [4.69, 9.17) is 4.74 Å². The van der Waals surface area contributed by atoms with Crippen LogP contribution in [0.1, 0.15) is 47.4 Å². The van der Waals surface area contributed by atoms with Gasteiger partial charge >= 0.3 is 0 Å². The van der Waals surface area contributed by atoms with Crippen LogP contribution < -0.4 is 10.1 Å². The molecule has 2 heterocycles. The number of anilines is 1. The molecule has 0 radical (unpaired) electrons. The fraction of sp³-hybridized carbons (Fsp3) is 0.360. The van der Waals surface area contributed by atoms with Gasteiger partial charge < -0.3 is 10.1 Å². The number of rotatable bonds is 6. The van der Waals surface area contributed by atoms with E-state index in [0.29, 0.717) is 24.5 Å². The molecular weight excluding hydrogens is 471 g/mol. The van der Waals surface area contributed by atoms with Gasteiger partial charge in [-0.3, -0.25) is 4.79 Å². The predicted octanol–water partition coefficient (Wildman–Crippen LogP) is 3.94. The quantitative estimate of drug-likeness (QED) is 0.556. The number of amides is 1. The highest BCUT2D eigenvalue weighted by molar-refractivity contribution is 7.89. The standard InChI is InChI=1S/C25H27FN4O4S/c1-34-22-13-10-18(16-23(22)35(32,33)29-14-3-2-4-15-29)27-25(31)24-20-6-5-7-21(20)30(28-24)19-11-8-17(26)9-12-19/h8-13,16H,2-7,14-15H2,1H3,(H,27,31). The minimum Gasteiger partial charge on any atom is -0.495 e. The van der Waals surface area contributed by atoms with Crippen LogP contribution in [0.15, 0.2) is 47.4 Å². The fourth-order valence-corrected chi connectivity index (χ4v) is 6.50. The predicted molar refractivity (Wildman–Crippen MR) is 129 cm³/mol. The number of piperidine rings is 1. The van der Waals surface area contributed by atoms with E-state index < -0.39 is 15.9 Å². The van der Waals surface area contributed by atoms with Gasteiger partial charge in [0.15, 0.2) is 5.69 Å². The summed E-state index contributed by atoms with van der Waals surface area (Å²) in [7, 11) is -2.34. The van der Waals surface area contributed by atoms with E-state index in [1.165, 1.54) is 29.6 Å². The second kappa shape index (κ2) is 9.43. The summed E-state index contributed by atoms with van der Waals surface area (Å²) in [6, 6.07) is 10.6. The largest absolute Gasteiger partial charge is 0.495 e. The van der Waals surface area contributed by atoms with Crippen molar-refractivity contribution < 1.29 is 22.3 Å². The maximum absolute atomic E-state index is 13.4. The van der Waals surface area contributed by atoms with Crippen molar-refractivity contribution in [3.05, 3.63) is 65.2 Å². The van der Waals surface area contributed by atoms with Gasteiger partial charge in [0, 0.05) is 30.0 Å². The Labute approximate surface area is 203 Å². The molecule has 10 heteroatoms. The maximum atomic E-state index is 13.4. The first-order valence-corrected chi connectivity index (χ1v) is 13.2. The zero-order valence-electron chi connectivity index (χ0n) is 19.5. The Hall–Kier alpha value is -3.24. The van der Waals surface area contributed by atoms with Crippen molar-refractivity contribution in [2.75, 3.05) is 25.5 Å². The normalized spacial score (nSPS) is 16.2. The number of benzene rings is 2. The summed E-state index contributed by atoms with van der Waals surface area (Å²) in [5.74, 6) is -0.532. The molecule has 1 aliphatic carbocycles. The summed E-state index contributed by atoms with van der Waals surface area (Å²) < 4.78 is 48.5. The van der Waals surface area contributed by atoms with Gasteiger partial charge in [-0.1, -0.05) is 6.42 Å². The number of methoxy groups -OCH3 is 1. The molecule has 1 amide bonds. The maximum Gasteiger partial charge on any atom is 0.276 e. The number of hydrogen-bond donors (Lipinski definition) is 1. The highest BCUT2D eigenvalue weighted by Gasteiger charge is 2.30. The van der Waals surface area contributed by atoms with Crippen molar-refractivity contribution in [1.29, 1.82) is 0 Å². The number of hydrogen-bond acceptors (Lipinski definition) is 5. The molecule has 3 aromatic rings. The lowest BCUT2D eigenvalue weighted by atomic mass is 10.2. The molecule has 1 fully saturated rings. The van der Waals surface area contributed by atoms with Gasteiger partial charge in [-0.25, -0.2) is 17.5 Å². The van der Waals surface area contributed by atoms with Gasteiger partial charge in [0.25, 0.3) is 5.91 Å². The number of aromatic nitrogens is 2. The Morgan fingerprint density at radius 2 is 1.77 bits per heavy atom. The van der Waals surface area contributed by atoms with Crippen molar-refractivity contribution in [2.24, 2.45) is 0 Å². The van der Waals surface area contributed by atoms with Crippen LogP contribution in [0.2, 0.25) is 0 Å². The molecule has 2 aliphatic rings. The molecular formula is C25H27FN4O4S. The fourth-order valence-electron chi connectivity index (χ4n) is 4.81.